The molecule has 14 heteroatoms. The molecule has 4 aliphatic carbocycles. The van der Waals surface area contributed by atoms with Crippen molar-refractivity contribution in [2.45, 2.75) is 128 Å². The molecule has 2 aromatic carbocycles. The van der Waals surface area contributed by atoms with Crippen LogP contribution in [0.4, 0.5) is 4.79 Å². The molecule has 0 aromatic heterocycles. The Bertz CT molecular complexity index is 2110. The number of rotatable bonds is 10. The van der Waals surface area contributed by atoms with Gasteiger partial charge in [0.05, 0.1) is 18.2 Å². The summed E-state index contributed by atoms with van der Waals surface area (Å²) in [5, 5.41) is 28.1. The second-order valence-corrected chi connectivity index (χ2v) is 18.7. The summed E-state index contributed by atoms with van der Waals surface area (Å²) in [5.41, 5.74) is -5.80. The Balaban J connectivity index is 1.37. The molecule has 3 saturated carbocycles. The Morgan fingerprint density at radius 1 is 0.933 bits per heavy atom. The van der Waals surface area contributed by atoms with E-state index in [0.29, 0.717) is 29.5 Å². The summed E-state index contributed by atoms with van der Waals surface area (Å²) in [6.45, 7) is 12.4. The summed E-state index contributed by atoms with van der Waals surface area (Å²) in [5.74, 6) is -5.75. The fourth-order valence-corrected chi connectivity index (χ4v) is 11.0. The number of amides is 1. The van der Waals surface area contributed by atoms with Crippen molar-refractivity contribution in [3.63, 3.8) is 0 Å². The topological polar surface area (TPSA) is 201 Å². The summed E-state index contributed by atoms with van der Waals surface area (Å²) < 4.78 is 29.8. The molecule has 5 aliphatic rings. The standard InChI is InChI=1S/C46H55NO13/c1-24-32(58-40(53)36(51)35(28-17-13-10-14-18-28)47-41(54)60-42(4,5)6)22-46(55)30(20-31(50)27-15-11-9-12-16-27)38-44(39(52)37(57-25(2)48)34(24)43(46,7)8)21-29(44)19-33-45(38,23-56-33)59-26(3)49/h9-18,29-30,32-33,35-38,51,55H,19-23H2,1-8H3,(H,47,54)/t29-,30+,32+,33-,35+,36-,37-,38+,44-,45+,46-/m1/s1. The minimum Gasteiger partial charge on any atom is -0.456 e. The van der Waals surface area contributed by atoms with Crippen LogP contribution < -0.4 is 5.32 Å². The first-order valence-electron chi connectivity index (χ1n) is 20.5. The first-order chi connectivity index (χ1) is 28.1. The van der Waals surface area contributed by atoms with E-state index in [1.807, 2.05) is 0 Å². The van der Waals surface area contributed by atoms with Gasteiger partial charge in [-0.3, -0.25) is 19.2 Å². The number of aliphatic hydroxyl groups is 2. The minimum absolute atomic E-state index is 0.0910. The molecule has 1 heterocycles. The fourth-order valence-electron chi connectivity index (χ4n) is 11.0. The lowest BCUT2D eigenvalue weighted by Gasteiger charge is -2.65. The SMILES string of the molecule is CC(=O)O[C@H]1C(=O)[C@]23C[C@H]2C[C@H]2OC[C@@]2(OC(C)=O)[C@H]3[C@H](CC(=O)c2ccccc2)[C@]2(O)C[C@H](OC(=O)[C@H](O)[C@@H](NC(=O)OC(C)(C)C)c3ccccc3)C(C)=C1C2(C)C. The molecule has 0 unspecified atom stereocenters. The van der Waals surface area contributed by atoms with Gasteiger partial charge in [0.2, 0.25) is 0 Å². The van der Waals surface area contributed by atoms with Crippen LogP contribution in [0.2, 0.25) is 0 Å². The van der Waals surface area contributed by atoms with Gasteiger partial charge in [0, 0.05) is 54.9 Å². The quantitative estimate of drug-likeness (QED) is 0.123. The van der Waals surface area contributed by atoms with Crippen LogP contribution in [0.1, 0.15) is 103 Å². The number of ether oxygens (including phenoxy) is 5. The molecular weight excluding hydrogens is 774 g/mol. The lowest BCUT2D eigenvalue weighted by Crippen LogP contribution is -2.76. The lowest BCUT2D eigenvalue weighted by atomic mass is 9.45. The van der Waals surface area contributed by atoms with Crippen LogP contribution in [0.5, 0.6) is 0 Å². The summed E-state index contributed by atoms with van der Waals surface area (Å²) in [7, 11) is 0. The number of Topliss-reactive ketones (excluding diaryl/α,β-unsaturated/α-hetero) is 2. The van der Waals surface area contributed by atoms with Crippen LogP contribution in [-0.4, -0.2) is 93.6 Å². The molecule has 4 fully saturated rings. The van der Waals surface area contributed by atoms with E-state index in [1.54, 1.807) is 102 Å². The van der Waals surface area contributed by atoms with Crippen molar-refractivity contribution in [1.82, 2.24) is 5.32 Å². The predicted octanol–water partition coefficient (Wildman–Crippen LogP) is 5.13. The highest BCUT2D eigenvalue weighted by Gasteiger charge is 2.83. The van der Waals surface area contributed by atoms with Crippen molar-refractivity contribution in [3.8, 4) is 0 Å². The summed E-state index contributed by atoms with van der Waals surface area (Å²) in [4.78, 5) is 83.2. The van der Waals surface area contributed by atoms with Gasteiger partial charge in [-0.05, 0) is 63.2 Å². The molecular formula is C46H55NO13. The number of fused-ring (bicyclic) bond motifs is 4. The maximum Gasteiger partial charge on any atom is 0.408 e. The van der Waals surface area contributed by atoms with Crippen LogP contribution in [0.3, 0.4) is 0 Å². The zero-order valence-electron chi connectivity index (χ0n) is 35.3. The van der Waals surface area contributed by atoms with Crippen molar-refractivity contribution >= 4 is 35.6 Å². The van der Waals surface area contributed by atoms with Gasteiger partial charge in [0.1, 0.15) is 17.8 Å². The number of ketones is 2. The number of benzene rings is 2. The highest BCUT2D eigenvalue weighted by molar-refractivity contribution is 5.99. The smallest absolute Gasteiger partial charge is 0.408 e. The van der Waals surface area contributed by atoms with E-state index in [2.05, 4.69) is 5.32 Å². The van der Waals surface area contributed by atoms with E-state index in [-0.39, 0.29) is 36.7 Å². The van der Waals surface area contributed by atoms with Crippen molar-refractivity contribution in [1.29, 1.82) is 0 Å². The Kier molecular flexibility index (Phi) is 10.9. The van der Waals surface area contributed by atoms with Crippen LogP contribution in [-0.2, 0) is 42.9 Å². The molecule has 1 aliphatic heterocycles. The summed E-state index contributed by atoms with van der Waals surface area (Å²) in [6.07, 6.45) is -6.34. The number of hydrogen-bond acceptors (Lipinski definition) is 13. The summed E-state index contributed by atoms with van der Waals surface area (Å²) in [6, 6.07) is 15.5. The lowest BCUT2D eigenvalue weighted by molar-refractivity contribution is -0.316. The average molecular weight is 830 g/mol. The number of alkyl carbamates (subject to hydrolysis) is 1. The Hall–Kier alpha value is -4.92. The second kappa shape index (κ2) is 15.2. The highest BCUT2D eigenvalue weighted by atomic mass is 16.6. The Morgan fingerprint density at radius 2 is 1.57 bits per heavy atom. The van der Waals surface area contributed by atoms with E-state index in [0.717, 1.165) is 0 Å². The monoisotopic (exact) mass is 829 g/mol. The van der Waals surface area contributed by atoms with Gasteiger partial charge in [0.25, 0.3) is 0 Å². The van der Waals surface area contributed by atoms with E-state index >= 15 is 4.79 Å². The number of carbonyl (C=O) groups excluding carboxylic acids is 6. The molecule has 60 heavy (non-hydrogen) atoms. The third-order valence-corrected chi connectivity index (χ3v) is 13.7. The normalized spacial score (nSPS) is 33.4. The molecule has 11 atom stereocenters. The molecule has 14 nitrogen and oxygen atoms in total. The van der Waals surface area contributed by atoms with Crippen LogP contribution in [0.15, 0.2) is 71.8 Å². The first kappa shape index (κ1) is 43.2. The van der Waals surface area contributed by atoms with Crippen molar-refractivity contribution in [3.05, 3.63) is 82.9 Å². The van der Waals surface area contributed by atoms with Crippen molar-refractivity contribution in [2.75, 3.05) is 6.61 Å². The first-order valence-corrected chi connectivity index (χ1v) is 20.5. The van der Waals surface area contributed by atoms with Crippen molar-refractivity contribution < 1.29 is 62.7 Å². The summed E-state index contributed by atoms with van der Waals surface area (Å²) >= 11 is 0. The van der Waals surface area contributed by atoms with Gasteiger partial charge in [-0.15, -0.1) is 0 Å². The number of carbonyl (C=O) groups is 6. The number of nitrogens with one attached hydrogen (secondary N) is 1. The van der Waals surface area contributed by atoms with Gasteiger partial charge in [-0.1, -0.05) is 74.5 Å². The molecule has 1 amide bonds. The molecule has 1 saturated heterocycles. The largest absolute Gasteiger partial charge is 0.456 e. The van der Waals surface area contributed by atoms with Crippen molar-refractivity contribution in [2.24, 2.45) is 28.6 Å². The van der Waals surface area contributed by atoms with Gasteiger partial charge in [-0.25, -0.2) is 9.59 Å². The molecule has 3 N–H and O–H groups in total. The van der Waals surface area contributed by atoms with Crippen LogP contribution >= 0.6 is 0 Å². The Labute approximate surface area is 349 Å². The van der Waals surface area contributed by atoms with E-state index in [9.17, 15) is 34.2 Å². The predicted molar refractivity (Wildman–Crippen MR) is 213 cm³/mol. The third kappa shape index (κ3) is 7.13. The number of aliphatic hydroxyl groups excluding tert-OH is 1. The number of esters is 3. The van der Waals surface area contributed by atoms with E-state index < -0.39 is 99.7 Å². The number of hydrogen-bond donors (Lipinski definition) is 3. The molecule has 1 spiro atoms. The maximum absolute atomic E-state index is 15.5. The van der Waals surface area contributed by atoms with E-state index in [4.69, 9.17) is 23.7 Å². The molecule has 7 rings (SSSR count). The van der Waals surface area contributed by atoms with Gasteiger partial charge in [-0.2, -0.15) is 0 Å². The average Bonchev–Trinajstić information content (AvgIpc) is 3.90. The third-order valence-electron chi connectivity index (χ3n) is 13.7. The Morgan fingerprint density at radius 3 is 2.13 bits per heavy atom. The maximum atomic E-state index is 15.5. The molecule has 322 valence electrons. The van der Waals surface area contributed by atoms with Crippen LogP contribution in [0, 0.1) is 28.6 Å². The van der Waals surface area contributed by atoms with Gasteiger partial charge in [0.15, 0.2) is 29.4 Å². The van der Waals surface area contributed by atoms with Gasteiger partial charge < -0.3 is 39.2 Å². The zero-order chi connectivity index (χ0) is 43.7. The fraction of sp³-hybridized carbons (Fsp3) is 0.565. The highest BCUT2D eigenvalue weighted by Crippen LogP contribution is 2.76. The minimum atomic E-state index is -2.02. The van der Waals surface area contributed by atoms with Gasteiger partial charge >= 0.3 is 24.0 Å². The molecule has 2 aromatic rings. The molecule has 0 radical (unpaired) electrons. The molecule has 2 bridgehead atoms. The van der Waals surface area contributed by atoms with E-state index in [1.165, 1.54) is 13.8 Å². The van der Waals surface area contributed by atoms with Crippen LogP contribution in [0.25, 0.3) is 0 Å². The zero-order valence-corrected chi connectivity index (χ0v) is 35.3. The second-order valence-electron chi connectivity index (χ2n) is 18.7.